The Bertz CT molecular complexity index is 657. The molecule has 2 aromatic rings. The molecule has 2 heterocycles. The van der Waals surface area contributed by atoms with Crippen molar-refractivity contribution < 1.29 is 9.90 Å². The van der Waals surface area contributed by atoms with Crippen LogP contribution in [0, 0.1) is 0 Å². The lowest BCUT2D eigenvalue weighted by Crippen LogP contribution is -2.47. The minimum absolute atomic E-state index is 0.0507. The summed E-state index contributed by atoms with van der Waals surface area (Å²) in [5, 5.41) is 14.8. The van der Waals surface area contributed by atoms with E-state index in [9.17, 15) is 9.90 Å². The van der Waals surface area contributed by atoms with Crippen LogP contribution in [0.4, 0.5) is 4.79 Å². The van der Waals surface area contributed by atoms with Gasteiger partial charge in [-0.3, -0.25) is 0 Å². The van der Waals surface area contributed by atoms with Gasteiger partial charge in [0, 0.05) is 23.9 Å². The lowest BCUT2D eigenvalue weighted by Gasteiger charge is -2.36. The number of aliphatic hydroxyl groups excluding tert-OH is 1. The number of rotatable bonds is 4. The molecule has 1 aromatic heterocycles. The Morgan fingerprint density at radius 3 is 2.96 bits per heavy atom. The molecule has 1 aromatic carbocycles. The minimum atomic E-state index is -0.253. The maximum absolute atomic E-state index is 12.6. The zero-order valence-electron chi connectivity index (χ0n) is 13.2. The van der Waals surface area contributed by atoms with Crippen molar-refractivity contribution in [3.63, 3.8) is 0 Å². The molecule has 122 valence electrons. The zero-order chi connectivity index (χ0) is 16.2. The quantitative estimate of drug-likeness (QED) is 0.905. The SMILES string of the molecule is CC(CNC(=O)N1CCc2ccccc2C1CO)c1cccs1. The number of urea groups is 1. The molecule has 2 N–H and O–H groups in total. The van der Waals surface area contributed by atoms with Crippen molar-refractivity contribution in [1.29, 1.82) is 0 Å². The highest BCUT2D eigenvalue weighted by Crippen LogP contribution is 2.29. The first-order valence-corrected chi connectivity index (χ1v) is 8.85. The summed E-state index contributed by atoms with van der Waals surface area (Å²) in [6.45, 7) is 3.31. The van der Waals surface area contributed by atoms with E-state index in [1.54, 1.807) is 16.2 Å². The van der Waals surface area contributed by atoms with Crippen molar-refractivity contribution >= 4 is 17.4 Å². The number of benzene rings is 1. The fraction of sp³-hybridized carbons (Fsp3) is 0.389. The Morgan fingerprint density at radius 1 is 1.39 bits per heavy atom. The molecule has 5 heteroatoms. The van der Waals surface area contributed by atoms with Crippen LogP contribution in [-0.2, 0) is 6.42 Å². The Hall–Kier alpha value is -1.85. The molecule has 0 saturated heterocycles. The van der Waals surface area contributed by atoms with Crippen LogP contribution in [0.15, 0.2) is 41.8 Å². The van der Waals surface area contributed by atoms with Gasteiger partial charge in [0.2, 0.25) is 0 Å². The van der Waals surface area contributed by atoms with Gasteiger partial charge in [-0.05, 0) is 29.0 Å². The molecular formula is C18H22N2O2S. The number of thiophene rings is 1. The van der Waals surface area contributed by atoms with Crippen LogP contribution in [0.3, 0.4) is 0 Å². The number of carbonyl (C=O) groups excluding carboxylic acids is 1. The van der Waals surface area contributed by atoms with E-state index in [-0.39, 0.29) is 18.7 Å². The smallest absolute Gasteiger partial charge is 0.318 e. The van der Waals surface area contributed by atoms with E-state index in [1.165, 1.54) is 10.4 Å². The highest BCUT2D eigenvalue weighted by Gasteiger charge is 2.30. The van der Waals surface area contributed by atoms with Gasteiger partial charge in [0.05, 0.1) is 12.6 Å². The van der Waals surface area contributed by atoms with Crippen LogP contribution in [0.5, 0.6) is 0 Å². The van der Waals surface area contributed by atoms with Crippen LogP contribution in [0.2, 0.25) is 0 Å². The van der Waals surface area contributed by atoms with Gasteiger partial charge in [-0.2, -0.15) is 0 Å². The molecule has 0 fully saturated rings. The Labute approximate surface area is 140 Å². The molecule has 0 spiro atoms. The van der Waals surface area contributed by atoms with Crippen molar-refractivity contribution in [2.75, 3.05) is 19.7 Å². The fourth-order valence-electron chi connectivity index (χ4n) is 3.11. The highest BCUT2D eigenvalue weighted by atomic mass is 32.1. The third-order valence-corrected chi connectivity index (χ3v) is 5.54. The summed E-state index contributed by atoms with van der Waals surface area (Å²) in [4.78, 5) is 15.6. The number of hydrogen-bond acceptors (Lipinski definition) is 3. The molecule has 1 aliphatic heterocycles. The third-order valence-electron chi connectivity index (χ3n) is 4.43. The Morgan fingerprint density at radius 2 is 2.22 bits per heavy atom. The van der Waals surface area contributed by atoms with Crippen molar-refractivity contribution in [3.05, 3.63) is 57.8 Å². The molecule has 1 aliphatic rings. The summed E-state index contributed by atoms with van der Waals surface area (Å²) in [6.07, 6.45) is 0.834. The first-order valence-electron chi connectivity index (χ1n) is 7.97. The monoisotopic (exact) mass is 330 g/mol. The van der Waals surface area contributed by atoms with Gasteiger partial charge in [0.15, 0.2) is 0 Å². The number of nitrogens with zero attached hydrogens (tertiary/aromatic N) is 1. The van der Waals surface area contributed by atoms with Crippen LogP contribution in [0.25, 0.3) is 0 Å². The predicted molar refractivity (Wildman–Crippen MR) is 92.8 cm³/mol. The van der Waals surface area contributed by atoms with Crippen molar-refractivity contribution in [3.8, 4) is 0 Å². The first kappa shape index (κ1) is 16.0. The van der Waals surface area contributed by atoms with E-state index < -0.39 is 0 Å². The third kappa shape index (κ3) is 3.41. The maximum atomic E-state index is 12.6. The molecule has 2 atom stereocenters. The second-order valence-corrected chi connectivity index (χ2v) is 6.92. The summed E-state index contributed by atoms with van der Waals surface area (Å²) in [6, 6.07) is 11.8. The standard InChI is InChI=1S/C18H22N2O2S/c1-13(17-7-4-10-23-17)11-19-18(22)20-9-8-14-5-2-3-6-15(14)16(20)12-21/h2-7,10,13,16,21H,8-9,11-12H2,1H3,(H,19,22). The van der Waals surface area contributed by atoms with Gasteiger partial charge in [0.25, 0.3) is 0 Å². The van der Waals surface area contributed by atoms with E-state index in [4.69, 9.17) is 0 Å². The Kier molecular flexibility index (Phi) is 4.98. The van der Waals surface area contributed by atoms with Crippen LogP contribution < -0.4 is 5.32 Å². The number of amides is 2. The first-order chi connectivity index (χ1) is 11.2. The van der Waals surface area contributed by atoms with Gasteiger partial charge in [-0.25, -0.2) is 4.79 Å². The molecule has 0 aliphatic carbocycles. The number of carbonyl (C=O) groups is 1. The van der Waals surface area contributed by atoms with Crippen molar-refractivity contribution in [2.45, 2.75) is 25.3 Å². The maximum Gasteiger partial charge on any atom is 0.318 e. The number of aliphatic hydroxyl groups is 1. The normalized spacial score (nSPS) is 18.3. The summed E-state index contributed by atoms with van der Waals surface area (Å²) in [5.74, 6) is 0.295. The number of nitrogens with one attached hydrogen (secondary N) is 1. The molecule has 3 rings (SSSR count). The van der Waals surface area contributed by atoms with Crippen molar-refractivity contribution in [2.24, 2.45) is 0 Å². The molecule has 2 amide bonds. The van der Waals surface area contributed by atoms with Gasteiger partial charge >= 0.3 is 6.03 Å². The van der Waals surface area contributed by atoms with Crippen LogP contribution >= 0.6 is 11.3 Å². The van der Waals surface area contributed by atoms with Gasteiger partial charge in [-0.1, -0.05) is 37.3 Å². The Balaban J connectivity index is 1.65. The topological polar surface area (TPSA) is 52.6 Å². The van der Waals surface area contributed by atoms with E-state index in [2.05, 4.69) is 29.8 Å². The fourth-order valence-corrected chi connectivity index (χ4v) is 3.89. The molecule has 0 radical (unpaired) electrons. The minimum Gasteiger partial charge on any atom is -0.394 e. The average Bonchev–Trinajstić information content (AvgIpc) is 3.13. The molecule has 2 unspecified atom stereocenters. The van der Waals surface area contributed by atoms with Crippen LogP contribution in [0.1, 0.15) is 34.9 Å². The second kappa shape index (κ2) is 7.15. The molecular weight excluding hydrogens is 308 g/mol. The van der Waals surface area contributed by atoms with E-state index in [1.807, 2.05) is 24.3 Å². The van der Waals surface area contributed by atoms with Crippen molar-refractivity contribution in [1.82, 2.24) is 10.2 Å². The highest BCUT2D eigenvalue weighted by molar-refractivity contribution is 7.10. The lowest BCUT2D eigenvalue weighted by atomic mass is 9.93. The summed E-state index contributed by atoms with van der Waals surface area (Å²) < 4.78 is 0. The van der Waals surface area contributed by atoms with E-state index in [0.29, 0.717) is 19.0 Å². The summed E-state index contributed by atoms with van der Waals surface area (Å²) in [5.41, 5.74) is 2.28. The predicted octanol–water partition coefficient (Wildman–Crippen LogP) is 3.15. The number of fused-ring (bicyclic) bond motifs is 1. The summed E-state index contributed by atoms with van der Waals surface area (Å²) >= 11 is 1.71. The van der Waals surface area contributed by atoms with E-state index in [0.717, 1.165) is 12.0 Å². The van der Waals surface area contributed by atoms with Gasteiger partial charge in [-0.15, -0.1) is 11.3 Å². The van der Waals surface area contributed by atoms with Crippen LogP contribution in [-0.4, -0.2) is 35.7 Å². The average molecular weight is 330 g/mol. The number of hydrogen-bond donors (Lipinski definition) is 2. The molecule has 4 nitrogen and oxygen atoms in total. The van der Waals surface area contributed by atoms with Gasteiger partial charge < -0.3 is 15.3 Å². The molecule has 0 bridgehead atoms. The second-order valence-electron chi connectivity index (χ2n) is 5.94. The van der Waals surface area contributed by atoms with Gasteiger partial charge in [0.1, 0.15) is 0 Å². The zero-order valence-corrected chi connectivity index (χ0v) is 14.1. The molecule has 0 saturated carbocycles. The lowest BCUT2D eigenvalue weighted by molar-refractivity contribution is 0.127. The summed E-state index contributed by atoms with van der Waals surface area (Å²) in [7, 11) is 0. The largest absolute Gasteiger partial charge is 0.394 e. The molecule has 23 heavy (non-hydrogen) atoms. The van der Waals surface area contributed by atoms with E-state index >= 15 is 0 Å².